The summed E-state index contributed by atoms with van der Waals surface area (Å²) in [4.78, 5) is 35.1. The summed E-state index contributed by atoms with van der Waals surface area (Å²) in [6.45, 7) is 0.647. The van der Waals surface area contributed by atoms with Crippen LogP contribution in [0.2, 0.25) is 0 Å². The van der Waals surface area contributed by atoms with E-state index < -0.39 is 50.4 Å². The van der Waals surface area contributed by atoms with Crippen LogP contribution in [0.4, 0.5) is 0 Å². The van der Waals surface area contributed by atoms with Gasteiger partial charge < -0.3 is 15.1 Å². The van der Waals surface area contributed by atoms with Crippen LogP contribution in [0.3, 0.4) is 0 Å². The quantitative estimate of drug-likeness (QED) is 0.599. The van der Waals surface area contributed by atoms with Crippen LogP contribution in [0, 0.1) is 0 Å². The predicted octanol–water partition coefficient (Wildman–Crippen LogP) is -1.82. The van der Waals surface area contributed by atoms with Crippen molar-refractivity contribution in [3.05, 3.63) is 11.9 Å². The lowest BCUT2D eigenvalue weighted by Crippen LogP contribution is -2.58. The van der Waals surface area contributed by atoms with E-state index in [1.807, 2.05) is 0 Å². The number of carboxylic acid groups (broad SMARTS) is 2. The SMILES string of the molecule is C[C@]1(Cn2nncc2C(=O)O)[C@H](C(=O)O)N2C(=O)C[C@@H]2S1(=O)=O. The van der Waals surface area contributed by atoms with Crippen LogP contribution in [0.5, 0.6) is 0 Å². The number of carbonyl (C=O) groups excluding carboxylic acids is 1. The fourth-order valence-electron chi connectivity index (χ4n) is 3.13. The van der Waals surface area contributed by atoms with Crippen molar-refractivity contribution in [2.45, 2.75) is 36.1 Å². The topological polar surface area (TPSA) is 160 Å². The highest BCUT2D eigenvalue weighted by atomic mass is 32.2. The smallest absolute Gasteiger partial charge is 0.355 e. The Bertz CT molecular complexity index is 831. The molecule has 2 saturated heterocycles. The summed E-state index contributed by atoms with van der Waals surface area (Å²) in [5, 5.41) is 24.2. The van der Waals surface area contributed by atoms with Crippen molar-refractivity contribution in [1.29, 1.82) is 0 Å². The summed E-state index contributed by atoms with van der Waals surface area (Å²) in [6, 6.07) is -1.61. The van der Waals surface area contributed by atoms with Crippen molar-refractivity contribution in [1.82, 2.24) is 19.9 Å². The Kier molecular flexibility index (Phi) is 3.01. The molecule has 1 aromatic heterocycles. The van der Waals surface area contributed by atoms with Gasteiger partial charge in [0, 0.05) is 0 Å². The fourth-order valence-corrected chi connectivity index (χ4v) is 5.48. The van der Waals surface area contributed by atoms with Gasteiger partial charge in [0.15, 0.2) is 21.6 Å². The lowest BCUT2D eigenvalue weighted by Gasteiger charge is -2.35. The van der Waals surface area contributed by atoms with E-state index in [9.17, 15) is 27.9 Å². The first kappa shape index (κ1) is 15.4. The van der Waals surface area contributed by atoms with E-state index in [-0.39, 0.29) is 12.1 Å². The van der Waals surface area contributed by atoms with Gasteiger partial charge in [-0.15, -0.1) is 5.10 Å². The van der Waals surface area contributed by atoms with Crippen molar-refractivity contribution in [2.75, 3.05) is 0 Å². The largest absolute Gasteiger partial charge is 0.480 e. The van der Waals surface area contributed by atoms with Crippen LogP contribution in [0.1, 0.15) is 23.8 Å². The third-order valence-electron chi connectivity index (χ3n) is 4.35. The number of hydrogen-bond acceptors (Lipinski definition) is 7. The van der Waals surface area contributed by atoms with Gasteiger partial charge in [-0.3, -0.25) is 4.79 Å². The molecular weight excluding hydrogens is 332 g/mol. The van der Waals surface area contributed by atoms with Gasteiger partial charge in [-0.1, -0.05) is 5.21 Å². The van der Waals surface area contributed by atoms with E-state index >= 15 is 0 Å². The number of rotatable bonds is 4. The Hall–Kier alpha value is -2.50. The number of β-lactam (4-membered cyclic amide) rings is 1. The third kappa shape index (κ3) is 1.81. The lowest BCUT2D eigenvalue weighted by atomic mass is 9.96. The molecule has 0 aliphatic carbocycles. The van der Waals surface area contributed by atoms with E-state index in [2.05, 4.69) is 10.3 Å². The molecule has 2 fully saturated rings. The third-order valence-corrected chi connectivity index (χ3v) is 7.11. The van der Waals surface area contributed by atoms with Crippen LogP contribution < -0.4 is 0 Å². The summed E-state index contributed by atoms with van der Waals surface area (Å²) >= 11 is 0. The highest BCUT2D eigenvalue weighted by Crippen LogP contribution is 2.46. The van der Waals surface area contributed by atoms with E-state index in [1.54, 1.807) is 0 Å². The summed E-state index contributed by atoms with van der Waals surface area (Å²) in [6.07, 6.45) is 0.661. The Morgan fingerprint density at radius 2 is 2.09 bits per heavy atom. The molecule has 23 heavy (non-hydrogen) atoms. The fraction of sp³-hybridized carbons (Fsp3) is 0.545. The number of hydrogen-bond donors (Lipinski definition) is 2. The number of aliphatic carboxylic acids is 1. The molecule has 2 aliphatic heterocycles. The predicted molar refractivity (Wildman–Crippen MR) is 71.0 cm³/mol. The summed E-state index contributed by atoms with van der Waals surface area (Å²) in [7, 11) is -4.03. The standard InChI is InChI=1S/C11H12N4O7S/c1-11(4-14-5(9(17)18)3-12-13-14)8(10(19)20)15-6(16)2-7(15)23(11,21)22/h3,7-8H,2,4H2,1H3,(H,17,18)(H,19,20)/t7-,8-,11-/m0/s1. The molecule has 0 aromatic carbocycles. The average molecular weight is 344 g/mol. The summed E-state index contributed by atoms with van der Waals surface area (Å²) in [5.41, 5.74) is -0.369. The number of amides is 1. The molecule has 2 N–H and O–H groups in total. The average Bonchev–Trinajstić information content (AvgIpc) is 2.92. The highest BCUT2D eigenvalue weighted by Gasteiger charge is 2.70. The Balaban J connectivity index is 2.10. The van der Waals surface area contributed by atoms with Gasteiger partial charge in [-0.2, -0.15) is 0 Å². The number of carboxylic acids is 2. The maximum Gasteiger partial charge on any atom is 0.355 e. The van der Waals surface area contributed by atoms with Gasteiger partial charge in [-0.25, -0.2) is 22.7 Å². The molecule has 3 heterocycles. The normalized spacial score (nSPS) is 31.5. The Morgan fingerprint density at radius 3 is 2.61 bits per heavy atom. The second kappa shape index (κ2) is 4.50. The number of fused-ring (bicyclic) bond motifs is 1. The van der Waals surface area contributed by atoms with Gasteiger partial charge in [0.05, 0.1) is 19.2 Å². The van der Waals surface area contributed by atoms with Crippen molar-refractivity contribution < 1.29 is 33.0 Å². The summed E-state index contributed by atoms with van der Waals surface area (Å²) in [5.74, 6) is -3.41. The molecule has 12 heteroatoms. The van der Waals surface area contributed by atoms with Crippen molar-refractivity contribution in [2.24, 2.45) is 0 Å². The molecule has 1 amide bonds. The van der Waals surface area contributed by atoms with Crippen LogP contribution >= 0.6 is 0 Å². The number of aromatic nitrogens is 3. The molecule has 1 aromatic rings. The van der Waals surface area contributed by atoms with Crippen LogP contribution in [0.25, 0.3) is 0 Å². The molecule has 124 valence electrons. The minimum atomic E-state index is -4.03. The van der Waals surface area contributed by atoms with E-state index in [0.29, 0.717) is 0 Å². The van der Waals surface area contributed by atoms with Gasteiger partial charge in [0.1, 0.15) is 10.1 Å². The molecule has 0 bridgehead atoms. The van der Waals surface area contributed by atoms with Crippen LogP contribution in [-0.2, 0) is 26.0 Å². The minimum Gasteiger partial charge on any atom is -0.480 e. The first-order chi connectivity index (χ1) is 10.6. The molecule has 0 spiro atoms. The number of sulfone groups is 1. The van der Waals surface area contributed by atoms with E-state index in [0.717, 1.165) is 15.8 Å². The Morgan fingerprint density at radius 1 is 1.43 bits per heavy atom. The number of carbonyl (C=O) groups is 3. The van der Waals surface area contributed by atoms with Gasteiger partial charge in [0.2, 0.25) is 5.91 Å². The van der Waals surface area contributed by atoms with E-state index in [4.69, 9.17) is 5.11 Å². The number of nitrogens with zero attached hydrogens (tertiary/aromatic N) is 4. The molecule has 0 saturated carbocycles. The molecule has 0 radical (unpaired) electrons. The monoisotopic (exact) mass is 344 g/mol. The maximum absolute atomic E-state index is 12.7. The molecule has 3 atom stereocenters. The zero-order valence-corrected chi connectivity index (χ0v) is 12.6. The Labute approximate surface area is 129 Å². The molecule has 0 unspecified atom stereocenters. The summed E-state index contributed by atoms with van der Waals surface area (Å²) < 4.78 is 24.3. The van der Waals surface area contributed by atoms with Crippen LogP contribution in [-0.4, -0.2) is 72.5 Å². The molecule has 11 nitrogen and oxygen atoms in total. The zero-order chi connectivity index (χ0) is 17.2. The molecular formula is C11H12N4O7S. The first-order valence-electron chi connectivity index (χ1n) is 6.50. The van der Waals surface area contributed by atoms with Gasteiger partial charge >= 0.3 is 11.9 Å². The second-order valence-corrected chi connectivity index (χ2v) is 8.21. The van der Waals surface area contributed by atoms with Crippen molar-refractivity contribution in [3.8, 4) is 0 Å². The van der Waals surface area contributed by atoms with Crippen molar-refractivity contribution >= 4 is 27.7 Å². The minimum absolute atomic E-state index is 0.273. The molecule has 3 rings (SSSR count). The lowest BCUT2D eigenvalue weighted by molar-refractivity contribution is -0.157. The zero-order valence-electron chi connectivity index (χ0n) is 11.8. The number of aromatic carboxylic acids is 1. The molecule has 2 aliphatic rings. The van der Waals surface area contributed by atoms with Gasteiger partial charge in [-0.05, 0) is 6.92 Å². The van der Waals surface area contributed by atoms with Crippen molar-refractivity contribution in [3.63, 3.8) is 0 Å². The van der Waals surface area contributed by atoms with Gasteiger partial charge in [0.25, 0.3) is 0 Å². The highest BCUT2D eigenvalue weighted by molar-refractivity contribution is 7.93. The first-order valence-corrected chi connectivity index (χ1v) is 8.05. The second-order valence-electron chi connectivity index (χ2n) is 5.64. The maximum atomic E-state index is 12.7. The van der Waals surface area contributed by atoms with Crippen LogP contribution in [0.15, 0.2) is 6.20 Å². The van der Waals surface area contributed by atoms with E-state index in [1.165, 1.54) is 6.92 Å².